The van der Waals surface area contributed by atoms with Gasteiger partial charge in [0.2, 0.25) is 0 Å². The Kier molecular flexibility index (Phi) is 6.22. The second-order valence-electron chi connectivity index (χ2n) is 5.01. The second kappa shape index (κ2) is 7.20. The summed E-state index contributed by atoms with van der Waals surface area (Å²) in [4.78, 5) is 2.60. The van der Waals surface area contributed by atoms with Gasteiger partial charge >= 0.3 is 0 Å². The highest BCUT2D eigenvalue weighted by molar-refractivity contribution is 4.70. The van der Waals surface area contributed by atoms with Gasteiger partial charge in [0, 0.05) is 19.1 Å². The summed E-state index contributed by atoms with van der Waals surface area (Å²) in [5.74, 6) is 0.733. The van der Waals surface area contributed by atoms with Crippen LogP contribution in [0.2, 0.25) is 0 Å². The van der Waals surface area contributed by atoms with Crippen molar-refractivity contribution in [3.05, 3.63) is 0 Å². The summed E-state index contributed by atoms with van der Waals surface area (Å²) >= 11 is 0. The van der Waals surface area contributed by atoms with Crippen molar-refractivity contribution in [2.24, 2.45) is 11.7 Å². The van der Waals surface area contributed by atoms with Crippen molar-refractivity contribution >= 4 is 0 Å². The summed E-state index contributed by atoms with van der Waals surface area (Å²) in [6.45, 7) is 10.1. The SMILES string of the molecule is CC(CNC(C)CN)CN1CCCCC1. The summed E-state index contributed by atoms with van der Waals surface area (Å²) in [7, 11) is 0. The fourth-order valence-electron chi connectivity index (χ4n) is 2.13. The van der Waals surface area contributed by atoms with E-state index in [4.69, 9.17) is 5.73 Å². The van der Waals surface area contributed by atoms with E-state index >= 15 is 0 Å². The van der Waals surface area contributed by atoms with Crippen LogP contribution in [0.25, 0.3) is 0 Å². The van der Waals surface area contributed by atoms with Gasteiger partial charge in [-0.05, 0) is 45.3 Å². The lowest BCUT2D eigenvalue weighted by Crippen LogP contribution is -2.40. The average Bonchev–Trinajstić information content (AvgIpc) is 2.27. The highest BCUT2D eigenvalue weighted by Crippen LogP contribution is 2.10. The first-order chi connectivity index (χ1) is 7.22. The molecule has 2 atom stereocenters. The molecule has 0 aromatic heterocycles. The molecule has 1 heterocycles. The summed E-state index contributed by atoms with van der Waals surface area (Å²) in [6, 6.07) is 0.453. The van der Waals surface area contributed by atoms with Crippen LogP contribution >= 0.6 is 0 Å². The maximum atomic E-state index is 5.57. The number of nitrogens with zero attached hydrogens (tertiary/aromatic N) is 1. The molecule has 0 radical (unpaired) electrons. The Labute approximate surface area is 94.4 Å². The first-order valence-corrected chi connectivity index (χ1v) is 6.38. The van der Waals surface area contributed by atoms with Crippen LogP contribution in [0.15, 0.2) is 0 Å². The normalized spacial score (nSPS) is 22.6. The van der Waals surface area contributed by atoms with Crippen molar-refractivity contribution in [2.45, 2.75) is 39.2 Å². The molecule has 0 aromatic rings. The minimum atomic E-state index is 0.453. The van der Waals surface area contributed by atoms with Crippen LogP contribution < -0.4 is 11.1 Å². The molecule has 1 fully saturated rings. The standard InChI is InChI=1S/C12H27N3/c1-11(9-14-12(2)8-13)10-15-6-4-3-5-7-15/h11-12,14H,3-10,13H2,1-2H3. The fraction of sp³-hybridized carbons (Fsp3) is 1.00. The molecule has 15 heavy (non-hydrogen) atoms. The van der Waals surface area contributed by atoms with Crippen molar-refractivity contribution in [2.75, 3.05) is 32.7 Å². The molecule has 90 valence electrons. The lowest BCUT2D eigenvalue weighted by Gasteiger charge is -2.29. The molecule has 1 rings (SSSR count). The van der Waals surface area contributed by atoms with Crippen LogP contribution in [0.1, 0.15) is 33.1 Å². The third kappa shape index (κ3) is 5.50. The number of likely N-dealkylation sites (tertiary alicyclic amines) is 1. The van der Waals surface area contributed by atoms with Crippen LogP contribution in [0.3, 0.4) is 0 Å². The fourth-order valence-corrected chi connectivity index (χ4v) is 2.13. The Bertz CT molecular complexity index is 155. The van der Waals surface area contributed by atoms with Crippen molar-refractivity contribution in [3.8, 4) is 0 Å². The predicted molar refractivity (Wildman–Crippen MR) is 66.0 cm³/mol. The van der Waals surface area contributed by atoms with E-state index in [1.807, 2.05) is 0 Å². The molecule has 1 aliphatic rings. The van der Waals surface area contributed by atoms with E-state index in [-0.39, 0.29) is 0 Å². The Morgan fingerprint density at radius 1 is 1.20 bits per heavy atom. The van der Waals surface area contributed by atoms with Gasteiger partial charge < -0.3 is 16.0 Å². The third-order valence-corrected chi connectivity index (χ3v) is 3.19. The zero-order chi connectivity index (χ0) is 11.1. The first kappa shape index (κ1) is 12.9. The van der Waals surface area contributed by atoms with Crippen LogP contribution in [-0.2, 0) is 0 Å². The van der Waals surface area contributed by atoms with E-state index in [2.05, 4.69) is 24.1 Å². The molecular weight excluding hydrogens is 186 g/mol. The molecular formula is C12H27N3. The van der Waals surface area contributed by atoms with Gasteiger partial charge in [0.15, 0.2) is 0 Å². The molecule has 0 amide bonds. The minimum absolute atomic E-state index is 0.453. The van der Waals surface area contributed by atoms with Crippen LogP contribution in [0, 0.1) is 5.92 Å². The first-order valence-electron chi connectivity index (χ1n) is 6.38. The van der Waals surface area contributed by atoms with Gasteiger partial charge in [-0.1, -0.05) is 13.3 Å². The zero-order valence-electron chi connectivity index (χ0n) is 10.3. The molecule has 0 spiro atoms. The maximum Gasteiger partial charge on any atom is 0.0162 e. The number of hydrogen-bond acceptors (Lipinski definition) is 3. The zero-order valence-corrected chi connectivity index (χ0v) is 10.3. The highest BCUT2D eigenvalue weighted by atomic mass is 15.1. The van der Waals surface area contributed by atoms with Gasteiger partial charge in [-0.2, -0.15) is 0 Å². The van der Waals surface area contributed by atoms with Crippen LogP contribution in [-0.4, -0.2) is 43.7 Å². The Hall–Kier alpha value is -0.120. The number of nitrogens with two attached hydrogens (primary N) is 1. The van der Waals surface area contributed by atoms with E-state index in [1.54, 1.807) is 0 Å². The van der Waals surface area contributed by atoms with Gasteiger partial charge in [0.05, 0.1) is 0 Å². The quantitative estimate of drug-likeness (QED) is 0.693. The summed E-state index contributed by atoms with van der Waals surface area (Å²) < 4.78 is 0. The van der Waals surface area contributed by atoms with Gasteiger partial charge in [-0.15, -0.1) is 0 Å². The Morgan fingerprint density at radius 3 is 2.47 bits per heavy atom. The molecule has 3 N–H and O–H groups in total. The lowest BCUT2D eigenvalue weighted by atomic mass is 10.1. The van der Waals surface area contributed by atoms with Gasteiger partial charge in [0.25, 0.3) is 0 Å². The topological polar surface area (TPSA) is 41.3 Å². The lowest BCUT2D eigenvalue weighted by molar-refractivity contribution is 0.198. The number of rotatable bonds is 6. The van der Waals surface area contributed by atoms with E-state index in [1.165, 1.54) is 38.9 Å². The van der Waals surface area contributed by atoms with E-state index in [0.29, 0.717) is 6.04 Å². The van der Waals surface area contributed by atoms with Gasteiger partial charge in [-0.25, -0.2) is 0 Å². The number of hydrogen-bond donors (Lipinski definition) is 2. The molecule has 1 saturated heterocycles. The van der Waals surface area contributed by atoms with Crippen molar-refractivity contribution < 1.29 is 0 Å². The van der Waals surface area contributed by atoms with Crippen molar-refractivity contribution in [1.82, 2.24) is 10.2 Å². The van der Waals surface area contributed by atoms with Crippen molar-refractivity contribution in [1.29, 1.82) is 0 Å². The molecule has 0 saturated carbocycles. The minimum Gasteiger partial charge on any atom is -0.329 e. The Balaban J connectivity index is 2.08. The van der Waals surface area contributed by atoms with Crippen molar-refractivity contribution in [3.63, 3.8) is 0 Å². The number of nitrogens with one attached hydrogen (secondary N) is 1. The summed E-state index contributed by atoms with van der Waals surface area (Å²) in [5, 5.41) is 3.47. The highest BCUT2D eigenvalue weighted by Gasteiger charge is 2.13. The largest absolute Gasteiger partial charge is 0.329 e. The predicted octanol–water partition coefficient (Wildman–Crippen LogP) is 1.05. The van der Waals surface area contributed by atoms with E-state index < -0.39 is 0 Å². The monoisotopic (exact) mass is 213 g/mol. The molecule has 3 heteroatoms. The third-order valence-electron chi connectivity index (χ3n) is 3.19. The van der Waals surface area contributed by atoms with E-state index in [0.717, 1.165) is 19.0 Å². The molecule has 0 bridgehead atoms. The summed E-state index contributed by atoms with van der Waals surface area (Å²) in [6.07, 6.45) is 4.20. The van der Waals surface area contributed by atoms with Gasteiger partial charge in [-0.3, -0.25) is 0 Å². The van der Waals surface area contributed by atoms with Crippen LogP contribution in [0.4, 0.5) is 0 Å². The summed E-state index contributed by atoms with van der Waals surface area (Å²) in [5.41, 5.74) is 5.57. The van der Waals surface area contributed by atoms with Gasteiger partial charge in [0.1, 0.15) is 0 Å². The molecule has 0 aliphatic carbocycles. The molecule has 2 unspecified atom stereocenters. The van der Waals surface area contributed by atoms with E-state index in [9.17, 15) is 0 Å². The molecule has 3 nitrogen and oxygen atoms in total. The smallest absolute Gasteiger partial charge is 0.0162 e. The second-order valence-corrected chi connectivity index (χ2v) is 5.01. The molecule has 1 aliphatic heterocycles. The maximum absolute atomic E-state index is 5.57. The number of piperidine rings is 1. The molecule has 0 aromatic carbocycles. The Morgan fingerprint density at radius 2 is 1.87 bits per heavy atom. The van der Waals surface area contributed by atoms with Crippen LogP contribution in [0.5, 0.6) is 0 Å². The average molecular weight is 213 g/mol.